The van der Waals surface area contributed by atoms with Crippen LogP contribution in [0, 0.1) is 5.82 Å². The molecule has 4 N–H and O–H groups in total. The number of halogens is 1. The molecule has 1 aromatic heterocycles. The SMILES string of the molecule is CC(C)(C)c1ccc(NC(O)N2CC=C(c3ncc([C@H](O)CO)cc3F)CC2)cc1. The number of nitrogens with one attached hydrogen (secondary N) is 1. The molecule has 3 rings (SSSR count). The molecule has 0 fully saturated rings. The Labute approximate surface area is 176 Å². The van der Waals surface area contributed by atoms with Gasteiger partial charge in [-0.1, -0.05) is 39.0 Å². The highest BCUT2D eigenvalue weighted by atomic mass is 19.1. The van der Waals surface area contributed by atoms with Gasteiger partial charge in [0.1, 0.15) is 17.6 Å². The molecular formula is C23H30FN3O3. The lowest BCUT2D eigenvalue weighted by molar-refractivity contribution is 0.0342. The maximum atomic E-state index is 14.4. The van der Waals surface area contributed by atoms with Gasteiger partial charge in [0.05, 0.1) is 6.61 Å². The van der Waals surface area contributed by atoms with Gasteiger partial charge < -0.3 is 20.6 Å². The maximum Gasteiger partial charge on any atom is 0.184 e. The lowest BCUT2D eigenvalue weighted by atomic mass is 9.87. The van der Waals surface area contributed by atoms with E-state index in [9.17, 15) is 14.6 Å². The Kier molecular flexibility index (Phi) is 6.88. The minimum absolute atomic E-state index is 0.0723. The van der Waals surface area contributed by atoms with Gasteiger partial charge in [0.25, 0.3) is 0 Å². The summed E-state index contributed by atoms with van der Waals surface area (Å²) < 4.78 is 14.4. The molecule has 7 heteroatoms. The first kappa shape index (κ1) is 22.4. The van der Waals surface area contributed by atoms with E-state index in [1.54, 1.807) is 0 Å². The second kappa shape index (κ2) is 9.22. The topological polar surface area (TPSA) is 88.9 Å². The number of pyridine rings is 1. The zero-order valence-electron chi connectivity index (χ0n) is 17.6. The second-order valence-electron chi connectivity index (χ2n) is 8.62. The zero-order valence-corrected chi connectivity index (χ0v) is 17.6. The molecule has 30 heavy (non-hydrogen) atoms. The van der Waals surface area contributed by atoms with Gasteiger partial charge in [0.15, 0.2) is 6.35 Å². The molecule has 2 aromatic rings. The van der Waals surface area contributed by atoms with Crippen molar-refractivity contribution in [2.75, 3.05) is 25.0 Å². The summed E-state index contributed by atoms with van der Waals surface area (Å²) in [4.78, 5) is 5.98. The van der Waals surface area contributed by atoms with E-state index in [-0.39, 0.29) is 16.7 Å². The zero-order chi connectivity index (χ0) is 21.9. The van der Waals surface area contributed by atoms with Crippen LogP contribution in [-0.2, 0) is 5.41 Å². The van der Waals surface area contributed by atoms with Crippen LogP contribution in [0.2, 0.25) is 0 Å². The molecular weight excluding hydrogens is 385 g/mol. The van der Waals surface area contributed by atoms with Crippen LogP contribution in [0.1, 0.15) is 50.1 Å². The first-order valence-electron chi connectivity index (χ1n) is 10.1. The first-order valence-corrected chi connectivity index (χ1v) is 10.1. The molecule has 2 heterocycles. The minimum atomic E-state index is -1.14. The number of rotatable bonds is 6. The van der Waals surface area contributed by atoms with Crippen molar-refractivity contribution in [3.05, 3.63) is 65.2 Å². The number of anilines is 1. The highest BCUT2D eigenvalue weighted by Gasteiger charge is 2.22. The smallest absolute Gasteiger partial charge is 0.184 e. The quantitative estimate of drug-likeness (QED) is 0.543. The lowest BCUT2D eigenvalue weighted by Crippen LogP contribution is -2.43. The molecule has 6 nitrogen and oxygen atoms in total. The van der Waals surface area contributed by atoms with Crippen molar-refractivity contribution in [1.82, 2.24) is 9.88 Å². The fraction of sp³-hybridized carbons (Fsp3) is 0.435. The van der Waals surface area contributed by atoms with E-state index in [1.807, 2.05) is 23.1 Å². The number of hydrogen-bond acceptors (Lipinski definition) is 6. The summed E-state index contributed by atoms with van der Waals surface area (Å²) >= 11 is 0. The van der Waals surface area contributed by atoms with Gasteiger partial charge in [0.2, 0.25) is 0 Å². The standard InChI is InChI=1S/C23H30FN3O3/c1-23(2,3)17-4-6-18(7-5-17)26-22(30)27-10-8-15(9-11-27)21-19(24)12-16(13-25-21)20(29)14-28/h4-8,12-13,20,22,26,28-30H,9-11,14H2,1-3H3/t20-,22?/m1/s1. The summed E-state index contributed by atoms with van der Waals surface area (Å²) in [6, 6.07) is 9.21. The van der Waals surface area contributed by atoms with Gasteiger partial charge in [-0.2, -0.15) is 0 Å². The third-order valence-corrected chi connectivity index (χ3v) is 5.36. The van der Waals surface area contributed by atoms with Gasteiger partial charge in [-0.05, 0) is 41.2 Å². The number of aliphatic hydroxyl groups excluding tert-OH is 3. The van der Waals surface area contributed by atoms with E-state index in [1.165, 1.54) is 17.8 Å². The average molecular weight is 416 g/mol. The predicted octanol–water partition coefficient (Wildman–Crippen LogP) is 3.02. The molecule has 0 saturated heterocycles. The highest BCUT2D eigenvalue weighted by molar-refractivity contribution is 5.64. The Morgan fingerprint density at radius 3 is 2.43 bits per heavy atom. The van der Waals surface area contributed by atoms with Crippen molar-refractivity contribution in [2.45, 2.75) is 45.1 Å². The number of benzene rings is 1. The molecule has 0 radical (unpaired) electrons. The van der Waals surface area contributed by atoms with Crippen molar-refractivity contribution in [3.8, 4) is 0 Å². The summed E-state index contributed by atoms with van der Waals surface area (Å²) in [7, 11) is 0. The molecule has 0 saturated carbocycles. The fourth-order valence-corrected chi connectivity index (χ4v) is 3.41. The minimum Gasteiger partial charge on any atom is -0.393 e. The van der Waals surface area contributed by atoms with Crippen molar-refractivity contribution in [1.29, 1.82) is 0 Å². The molecule has 1 unspecified atom stereocenters. The maximum absolute atomic E-state index is 14.4. The number of hydrogen-bond donors (Lipinski definition) is 4. The van der Waals surface area contributed by atoms with E-state index in [0.717, 1.165) is 11.3 Å². The van der Waals surface area contributed by atoms with Crippen molar-refractivity contribution in [3.63, 3.8) is 0 Å². The van der Waals surface area contributed by atoms with E-state index >= 15 is 0 Å². The third kappa shape index (κ3) is 5.23. The van der Waals surface area contributed by atoms with Crippen LogP contribution in [0.5, 0.6) is 0 Å². The molecule has 1 aliphatic rings. The van der Waals surface area contributed by atoms with Gasteiger partial charge in [0, 0.05) is 30.5 Å². The van der Waals surface area contributed by atoms with E-state index in [4.69, 9.17) is 5.11 Å². The second-order valence-corrected chi connectivity index (χ2v) is 8.62. The molecule has 0 amide bonds. The van der Waals surface area contributed by atoms with Crippen LogP contribution in [0.4, 0.5) is 10.1 Å². The fourth-order valence-electron chi connectivity index (χ4n) is 3.41. The lowest BCUT2D eigenvalue weighted by Gasteiger charge is -2.31. The van der Waals surface area contributed by atoms with Gasteiger partial charge >= 0.3 is 0 Å². The highest BCUT2D eigenvalue weighted by Crippen LogP contribution is 2.27. The first-order chi connectivity index (χ1) is 14.2. The molecule has 0 spiro atoms. The van der Waals surface area contributed by atoms with Crippen LogP contribution in [0.3, 0.4) is 0 Å². The Bertz CT molecular complexity index is 894. The van der Waals surface area contributed by atoms with Crippen LogP contribution in [0.15, 0.2) is 42.6 Å². The largest absolute Gasteiger partial charge is 0.393 e. The van der Waals surface area contributed by atoms with Crippen LogP contribution < -0.4 is 5.32 Å². The Balaban J connectivity index is 1.62. The molecule has 162 valence electrons. The summed E-state index contributed by atoms with van der Waals surface area (Å²) in [6.07, 6.45) is 1.77. The monoisotopic (exact) mass is 415 g/mol. The van der Waals surface area contributed by atoms with Crippen molar-refractivity contribution in [2.24, 2.45) is 0 Å². The predicted molar refractivity (Wildman–Crippen MR) is 115 cm³/mol. The van der Waals surface area contributed by atoms with Gasteiger partial charge in [-0.3, -0.25) is 9.88 Å². The van der Waals surface area contributed by atoms with Crippen molar-refractivity contribution < 1.29 is 19.7 Å². The number of aliphatic hydroxyl groups is 3. The third-order valence-electron chi connectivity index (χ3n) is 5.36. The summed E-state index contributed by atoms with van der Waals surface area (Å²) in [5.74, 6) is -0.530. The molecule has 1 aromatic carbocycles. The normalized spacial score (nSPS) is 17.4. The number of aromatic nitrogens is 1. The van der Waals surface area contributed by atoms with Crippen molar-refractivity contribution >= 4 is 11.3 Å². The Hall–Kier alpha value is -2.32. The Morgan fingerprint density at radius 2 is 1.90 bits per heavy atom. The summed E-state index contributed by atoms with van der Waals surface area (Å²) in [5, 5.41) is 32.2. The van der Waals surface area contributed by atoms with Gasteiger partial charge in [-0.15, -0.1) is 0 Å². The summed E-state index contributed by atoms with van der Waals surface area (Å²) in [6.45, 7) is 6.97. The average Bonchev–Trinajstić information content (AvgIpc) is 2.73. The van der Waals surface area contributed by atoms with Crippen LogP contribution >= 0.6 is 0 Å². The summed E-state index contributed by atoms with van der Waals surface area (Å²) in [5.41, 5.74) is 3.37. The van der Waals surface area contributed by atoms with E-state index in [0.29, 0.717) is 19.5 Å². The molecule has 0 aliphatic carbocycles. The molecule has 0 bridgehead atoms. The van der Waals surface area contributed by atoms with Gasteiger partial charge in [-0.25, -0.2) is 4.39 Å². The molecule has 2 atom stereocenters. The Morgan fingerprint density at radius 1 is 1.20 bits per heavy atom. The van der Waals surface area contributed by atoms with Crippen LogP contribution in [-0.4, -0.2) is 51.3 Å². The van der Waals surface area contributed by atoms with E-state index < -0.39 is 24.9 Å². The number of nitrogens with zero attached hydrogens (tertiary/aromatic N) is 2. The van der Waals surface area contributed by atoms with Crippen LogP contribution in [0.25, 0.3) is 5.57 Å². The molecule has 1 aliphatic heterocycles. The van der Waals surface area contributed by atoms with E-state index in [2.05, 4.69) is 43.2 Å².